The SMILES string of the molecule is CC(C)NC1CCN(CC(C)N2CCCCC2)C1=O. The summed E-state index contributed by atoms with van der Waals surface area (Å²) in [5, 5.41) is 3.37. The van der Waals surface area contributed by atoms with Crippen LogP contribution >= 0.6 is 0 Å². The molecule has 0 saturated carbocycles. The molecule has 0 aromatic rings. The molecule has 2 unspecified atom stereocenters. The van der Waals surface area contributed by atoms with Crippen molar-refractivity contribution in [2.24, 2.45) is 0 Å². The van der Waals surface area contributed by atoms with Crippen LogP contribution in [0, 0.1) is 0 Å². The van der Waals surface area contributed by atoms with Crippen molar-refractivity contribution >= 4 is 5.91 Å². The zero-order valence-electron chi connectivity index (χ0n) is 12.7. The molecular weight excluding hydrogens is 238 g/mol. The van der Waals surface area contributed by atoms with Gasteiger partial charge in [-0.05, 0) is 39.3 Å². The van der Waals surface area contributed by atoms with Gasteiger partial charge in [0.05, 0.1) is 6.04 Å². The highest BCUT2D eigenvalue weighted by molar-refractivity contribution is 5.84. The molecule has 4 nitrogen and oxygen atoms in total. The number of nitrogens with zero attached hydrogens (tertiary/aromatic N) is 2. The number of carbonyl (C=O) groups is 1. The van der Waals surface area contributed by atoms with E-state index in [-0.39, 0.29) is 6.04 Å². The third kappa shape index (κ3) is 3.93. The van der Waals surface area contributed by atoms with Crippen molar-refractivity contribution in [3.8, 4) is 0 Å². The number of likely N-dealkylation sites (tertiary alicyclic amines) is 2. The number of amides is 1. The van der Waals surface area contributed by atoms with Crippen molar-refractivity contribution < 1.29 is 4.79 Å². The van der Waals surface area contributed by atoms with Gasteiger partial charge >= 0.3 is 0 Å². The lowest BCUT2D eigenvalue weighted by atomic mass is 10.1. The number of nitrogens with one attached hydrogen (secondary N) is 1. The summed E-state index contributed by atoms with van der Waals surface area (Å²) in [5.74, 6) is 0.303. The quantitative estimate of drug-likeness (QED) is 0.819. The van der Waals surface area contributed by atoms with E-state index >= 15 is 0 Å². The van der Waals surface area contributed by atoms with Crippen molar-refractivity contribution in [3.05, 3.63) is 0 Å². The highest BCUT2D eigenvalue weighted by Gasteiger charge is 2.33. The number of piperidine rings is 1. The van der Waals surface area contributed by atoms with E-state index in [9.17, 15) is 4.79 Å². The molecule has 0 radical (unpaired) electrons. The normalized spacial score (nSPS) is 27.3. The van der Waals surface area contributed by atoms with Gasteiger partial charge in [0.15, 0.2) is 0 Å². The van der Waals surface area contributed by atoms with Gasteiger partial charge in [0.2, 0.25) is 5.91 Å². The fourth-order valence-corrected chi connectivity index (χ4v) is 3.27. The first-order valence-electron chi connectivity index (χ1n) is 7.87. The molecule has 4 heteroatoms. The van der Waals surface area contributed by atoms with Crippen LogP contribution < -0.4 is 5.32 Å². The lowest BCUT2D eigenvalue weighted by Crippen LogP contribution is -2.47. The van der Waals surface area contributed by atoms with Crippen molar-refractivity contribution in [1.82, 2.24) is 15.1 Å². The maximum absolute atomic E-state index is 12.3. The lowest BCUT2D eigenvalue weighted by Gasteiger charge is -2.34. The van der Waals surface area contributed by atoms with Gasteiger partial charge in [-0.1, -0.05) is 20.3 Å². The van der Waals surface area contributed by atoms with Crippen LogP contribution in [-0.4, -0.2) is 60.0 Å². The smallest absolute Gasteiger partial charge is 0.239 e. The van der Waals surface area contributed by atoms with Crippen molar-refractivity contribution in [2.45, 2.75) is 64.6 Å². The van der Waals surface area contributed by atoms with Crippen molar-refractivity contribution in [3.63, 3.8) is 0 Å². The standard InChI is InChI=1S/C15H29N3O/c1-12(2)16-14-7-10-18(15(14)19)11-13(3)17-8-5-4-6-9-17/h12-14,16H,4-11H2,1-3H3. The summed E-state index contributed by atoms with van der Waals surface area (Å²) in [6.45, 7) is 10.7. The van der Waals surface area contributed by atoms with Crippen molar-refractivity contribution in [1.29, 1.82) is 0 Å². The van der Waals surface area contributed by atoms with E-state index in [2.05, 4.69) is 35.9 Å². The highest BCUT2D eigenvalue weighted by atomic mass is 16.2. The summed E-state index contributed by atoms with van der Waals surface area (Å²) >= 11 is 0. The Morgan fingerprint density at radius 3 is 2.47 bits per heavy atom. The van der Waals surface area contributed by atoms with Gasteiger partial charge in [0, 0.05) is 25.2 Å². The minimum atomic E-state index is 0.0496. The van der Waals surface area contributed by atoms with E-state index in [1.165, 1.54) is 32.4 Å². The molecule has 2 rings (SSSR count). The maximum Gasteiger partial charge on any atom is 0.239 e. The maximum atomic E-state index is 12.3. The Morgan fingerprint density at radius 2 is 1.84 bits per heavy atom. The molecule has 2 heterocycles. The predicted molar refractivity (Wildman–Crippen MR) is 78.1 cm³/mol. The number of hydrogen-bond acceptors (Lipinski definition) is 3. The molecule has 2 aliphatic heterocycles. The average molecular weight is 267 g/mol. The molecule has 0 spiro atoms. The van der Waals surface area contributed by atoms with Gasteiger partial charge in [-0.25, -0.2) is 0 Å². The summed E-state index contributed by atoms with van der Waals surface area (Å²) < 4.78 is 0. The molecule has 0 aliphatic carbocycles. The van der Waals surface area contributed by atoms with Crippen LogP contribution in [0.2, 0.25) is 0 Å². The highest BCUT2D eigenvalue weighted by Crippen LogP contribution is 2.16. The third-order valence-electron chi connectivity index (χ3n) is 4.33. The van der Waals surface area contributed by atoms with Crippen LogP contribution in [0.1, 0.15) is 46.5 Å². The lowest BCUT2D eigenvalue weighted by molar-refractivity contribution is -0.130. The number of hydrogen-bond donors (Lipinski definition) is 1. The van der Waals surface area contributed by atoms with Gasteiger partial charge in [0.1, 0.15) is 0 Å². The zero-order valence-corrected chi connectivity index (χ0v) is 12.7. The van der Waals surface area contributed by atoms with Gasteiger partial charge in [-0.3, -0.25) is 9.69 Å². The first kappa shape index (κ1) is 14.8. The fourth-order valence-electron chi connectivity index (χ4n) is 3.27. The van der Waals surface area contributed by atoms with E-state index in [0.29, 0.717) is 18.0 Å². The van der Waals surface area contributed by atoms with E-state index in [1.807, 2.05) is 0 Å². The van der Waals surface area contributed by atoms with Crippen LogP contribution in [0.15, 0.2) is 0 Å². The molecular formula is C15H29N3O. The molecule has 2 aliphatic rings. The number of carbonyl (C=O) groups excluding carboxylic acids is 1. The molecule has 1 amide bonds. The summed E-state index contributed by atoms with van der Waals surface area (Å²) in [4.78, 5) is 16.9. The Labute approximate surface area is 117 Å². The first-order chi connectivity index (χ1) is 9.08. The van der Waals surface area contributed by atoms with Crippen LogP contribution in [-0.2, 0) is 4.79 Å². The molecule has 1 N–H and O–H groups in total. The molecule has 19 heavy (non-hydrogen) atoms. The van der Waals surface area contributed by atoms with Gasteiger partial charge in [-0.2, -0.15) is 0 Å². The van der Waals surface area contributed by atoms with Crippen LogP contribution in [0.5, 0.6) is 0 Å². The molecule has 0 aromatic heterocycles. The minimum absolute atomic E-state index is 0.0496. The van der Waals surface area contributed by atoms with Gasteiger partial charge < -0.3 is 10.2 Å². The third-order valence-corrected chi connectivity index (χ3v) is 4.33. The van der Waals surface area contributed by atoms with Crippen LogP contribution in [0.3, 0.4) is 0 Å². The topological polar surface area (TPSA) is 35.6 Å². The van der Waals surface area contributed by atoms with Gasteiger partial charge in [0.25, 0.3) is 0 Å². The van der Waals surface area contributed by atoms with E-state index in [0.717, 1.165) is 19.5 Å². The monoisotopic (exact) mass is 267 g/mol. The molecule has 2 atom stereocenters. The van der Waals surface area contributed by atoms with Crippen LogP contribution in [0.25, 0.3) is 0 Å². The van der Waals surface area contributed by atoms with Crippen molar-refractivity contribution in [2.75, 3.05) is 26.2 Å². The first-order valence-corrected chi connectivity index (χ1v) is 7.87. The summed E-state index contributed by atoms with van der Waals surface area (Å²) in [6, 6.07) is 0.934. The predicted octanol–water partition coefficient (Wildman–Crippen LogP) is 1.46. The zero-order chi connectivity index (χ0) is 13.8. The Morgan fingerprint density at radius 1 is 1.16 bits per heavy atom. The Balaban J connectivity index is 1.81. The summed E-state index contributed by atoms with van der Waals surface area (Å²) in [6.07, 6.45) is 4.96. The molecule has 0 bridgehead atoms. The largest absolute Gasteiger partial charge is 0.340 e. The Kier molecular flexibility index (Phi) is 5.22. The second kappa shape index (κ2) is 6.71. The second-order valence-electron chi connectivity index (χ2n) is 6.39. The molecule has 110 valence electrons. The summed E-state index contributed by atoms with van der Waals surface area (Å²) in [7, 11) is 0. The molecule has 2 saturated heterocycles. The fraction of sp³-hybridized carbons (Fsp3) is 0.933. The summed E-state index contributed by atoms with van der Waals surface area (Å²) in [5.41, 5.74) is 0. The average Bonchev–Trinajstić information content (AvgIpc) is 2.72. The Hall–Kier alpha value is -0.610. The molecule has 0 aromatic carbocycles. The minimum Gasteiger partial charge on any atom is -0.340 e. The van der Waals surface area contributed by atoms with E-state index in [1.54, 1.807) is 0 Å². The van der Waals surface area contributed by atoms with Crippen LogP contribution in [0.4, 0.5) is 0 Å². The molecule has 2 fully saturated rings. The Bertz CT molecular complexity index is 300. The number of rotatable bonds is 5. The van der Waals surface area contributed by atoms with E-state index in [4.69, 9.17) is 0 Å². The second-order valence-corrected chi connectivity index (χ2v) is 6.39. The van der Waals surface area contributed by atoms with Gasteiger partial charge in [-0.15, -0.1) is 0 Å². The van der Waals surface area contributed by atoms with E-state index < -0.39 is 0 Å².